The standard InChI is InChI=1S/C25H23FN6O2/c1-34-22-7-6-18(13-20(22)26)21-9-12-29-25(31-21)32-23(17-4-5-17)19(15-30-32)24(33)28-11-8-16-3-2-10-27-14-16/h2-3,6-7,9-10,12-15,17H,4-5,8,11H2,1H3,(H,28,33). The van der Waals surface area contributed by atoms with Gasteiger partial charge in [0.25, 0.3) is 11.9 Å². The minimum absolute atomic E-state index is 0.167. The van der Waals surface area contributed by atoms with Crippen molar-refractivity contribution < 1.29 is 13.9 Å². The van der Waals surface area contributed by atoms with Crippen LogP contribution < -0.4 is 10.1 Å². The number of carbonyl (C=O) groups is 1. The zero-order valence-corrected chi connectivity index (χ0v) is 18.6. The Morgan fingerprint density at radius 3 is 2.82 bits per heavy atom. The number of hydrogen-bond acceptors (Lipinski definition) is 6. The van der Waals surface area contributed by atoms with Crippen molar-refractivity contribution in [3.8, 4) is 23.0 Å². The van der Waals surface area contributed by atoms with Crippen molar-refractivity contribution in [2.45, 2.75) is 25.2 Å². The number of nitrogens with zero attached hydrogens (tertiary/aromatic N) is 5. The van der Waals surface area contributed by atoms with Crippen LogP contribution in [-0.2, 0) is 6.42 Å². The highest BCUT2D eigenvalue weighted by molar-refractivity contribution is 5.95. The number of benzene rings is 1. The molecule has 0 bridgehead atoms. The van der Waals surface area contributed by atoms with Gasteiger partial charge in [0.2, 0.25) is 0 Å². The summed E-state index contributed by atoms with van der Waals surface area (Å²) in [6.45, 7) is 0.495. The van der Waals surface area contributed by atoms with Crippen molar-refractivity contribution in [3.05, 3.63) is 83.8 Å². The van der Waals surface area contributed by atoms with Gasteiger partial charge in [-0.1, -0.05) is 6.07 Å². The van der Waals surface area contributed by atoms with Crippen LogP contribution in [0.1, 0.15) is 40.4 Å². The minimum Gasteiger partial charge on any atom is -0.494 e. The Bertz CT molecular complexity index is 1320. The molecule has 4 aromatic rings. The number of nitrogens with one attached hydrogen (secondary N) is 1. The molecule has 1 saturated carbocycles. The predicted molar refractivity (Wildman–Crippen MR) is 123 cm³/mol. The quantitative estimate of drug-likeness (QED) is 0.432. The van der Waals surface area contributed by atoms with E-state index in [2.05, 4.69) is 25.4 Å². The zero-order valence-electron chi connectivity index (χ0n) is 18.6. The highest BCUT2D eigenvalue weighted by atomic mass is 19.1. The van der Waals surface area contributed by atoms with E-state index >= 15 is 0 Å². The van der Waals surface area contributed by atoms with E-state index in [1.54, 1.807) is 47.7 Å². The number of halogens is 1. The van der Waals surface area contributed by atoms with Crippen LogP contribution in [0.2, 0.25) is 0 Å². The van der Waals surface area contributed by atoms with E-state index in [4.69, 9.17) is 4.74 Å². The molecule has 1 amide bonds. The Balaban J connectivity index is 1.39. The second kappa shape index (κ2) is 9.38. The molecular formula is C25H23FN6O2. The molecule has 0 aliphatic heterocycles. The van der Waals surface area contributed by atoms with Gasteiger partial charge in [0.1, 0.15) is 0 Å². The maximum atomic E-state index is 14.2. The summed E-state index contributed by atoms with van der Waals surface area (Å²) in [5.41, 5.74) is 3.53. The van der Waals surface area contributed by atoms with Crippen LogP contribution in [0.3, 0.4) is 0 Å². The fourth-order valence-corrected chi connectivity index (χ4v) is 3.84. The van der Waals surface area contributed by atoms with Crippen LogP contribution in [0.4, 0.5) is 4.39 Å². The summed E-state index contributed by atoms with van der Waals surface area (Å²) >= 11 is 0. The number of methoxy groups -OCH3 is 1. The van der Waals surface area contributed by atoms with Crippen LogP contribution in [0, 0.1) is 5.82 Å². The van der Waals surface area contributed by atoms with Crippen LogP contribution >= 0.6 is 0 Å². The minimum atomic E-state index is -0.469. The maximum absolute atomic E-state index is 14.2. The molecular weight excluding hydrogens is 435 g/mol. The van der Waals surface area contributed by atoms with Crippen LogP contribution in [0.5, 0.6) is 5.75 Å². The van der Waals surface area contributed by atoms with Crippen LogP contribution in [0.25, 0.3) is 17.2 Å². The molecule has 1 aliphatic rings. The third kappa shape index (κ3) is 4.50. The third-order valence-corrected chi connectivity index (χ3v) is 5.72. The Morgan fingerprint density at radius 2 is 2.09 bits per heavy atom. The van der Waals surface area contributed by atoms with Crippen LogP contribution in [-0.4, -0.2) is 44.3 Å². The van der Waals surface area contributed by atoms with Gasteiger partial charge in [-0.15, -0.1) is 0 Å². The van der Waals surface area contributed by atoms with Gasteiger partial charge in [-0.25, -0.2) is 19.0 Å². The van der Waals surface area contributed by atoms with Crippen molar-refractivity contribution in [1.82, 2.24) is 30.0 Å². The highest BCUT2D eigenvalue weighted by Gasteiger charge is 2.33. The summed E-state index contributed by atoms with van der Waals surface area (Å²) < 4.78 is 20.8. The summed E-state index contributed by atoms with van der Waals surface area (Å²) in [7, 11) is 1.42. The SMILES string of the molecule is COc1ccc(-c2ccnc(-n3ncc(C(=O)NCCc4cccnc4)c3C3CC3)n2)cc1F. The van der Waals surface area contributed by atoms with Gasteiger partial charge in [0.05, 0.1) is 30.3 Å². The maximum Gasteiger partial charge on any atom is 0.254 e. The second-order valence-electron chi connectivity index (χ2n) is 8.09. The van der Waals surface area contributed by atoms with Crippen molar-refractivity contribution in [3.63, 3.8) is 0 Å². The van der Waals surface area contributed by atoms with E-state index in [0.717, 1.165) is 24.1 Å². The summed E-state index contributed by atoms with van der Waals surface area (Å²) in [4.78, 5) is 26.0. The second-order valence-corrected chi connectivity index (χ2v) is 8.09. The van der Waals surface area contributed by atoms with Gasteiger partial charge in [0.15, 0.2) is 11.6 Å². The molecule has 0 saturated heterocycles. The average molecular weight is 458 g/mol. The molecule has 0 radical (unpaired) electrons. The summed E-state index contributed by atoms with van der Waals surface area (Å²) in [5, 5.41) is 7.42. The Labute approximate surface area is 195 Å². The van der Waals surface area contributed by atoms with E-state index in [0.29, 0.717) is 35.7 Å². The molecule has 1 aliphatic carbocycles. The van der Waals surface area contributed by atoms with E-state index in [1.807, 2.05) is 12.1 Å². The number of hydrogen-bond donors (Lipinski definition) is 1. The van der Waals surface area contributed by atoms with E-state index in [1.165, 1.54) is 13.2 Å². The smallest absolute Gasteiger partial charge is 0.254 e. The van der Waals surface area contributed by atoms with Crippen molar-refractivity contribution in [2.24, 2.45) is 0 Å². The number of ether oxygens (including phenoxy) is 1. The fourth-order valence-electron chi connectivity index (χ4n) is 3.84. The number of amides is 1. The lowest BCUT2D eigenvalue weighted by molar-refractivity contribution is 0.0953. The van der Waals surface area contributed by atoms with Gasteiger partial charge >= 0.3 is 0 Å². The molecule has 0 unspecified atom stereocenters. The van der Waals surface area contributed by atoms with Gasteiger partial charge < -0.3 is 10.1 Å². The fraction of sp³-hybridized carbons (Fsp3) is 0.240. The lowest BCUT2D eigenvalue weighted by atomic mass is 10.1. The van der Waals surface area contributed by atoms with Gasteiger partial charge in [0, 0.05) is 36.6 Å². The molecule has 0 spiro atoms. The molecule has 1 N–H and O–H groups in total. The molecule has 9 heteroatoms. The zero-order chi connectivity index (χ0) is 23.5. The Morgan fingerprint density at radius 1 is 1.21 bits per heavy atom. The first-order valence-electron chi connectivity index (χ1n) is 11.1. The van der Waals surface area contributed by atoms with Crippen molar-refractivity contribution >= 4 is 5.91 Å². The Hall–Kier alpha value is -4.14. The molecule has 5 rings (SSSR count). The summed E-state index contributed by atoms with van der Waals surface area (Å²) in [6.07, 6.45) is 9.33. The first-order chi connectivity index (χ1) is 16.6. The van der Waals surface area contributed by atoms with Crippen molar-refractivity contribution in [1.29, 1.82) is 0 Å². The lowest BCUT2D eigenvalue weighted by Crippen LogP contribution is -2.26. The number of carbonyl (C=O) groups excluding carboxylic acids is 1. The average Bonchev–Trinajstić information content (AvgIpc) is 3.62. The third-order valence-electron chi connectivity index (χ3n) is 5.72. The summed E-state index contributed by atoms with van der Waals surface area (Å²) in [5.74, 6) is 0.0891. The van der Waals surface area contributed by atoms with E-state index < -0.39 is 5.82 Å². The van der Waals surface area contributed by atoms with Gasteiger partial charge in [-0.05, 0) is 55.2 Å². The molecule has 172 valence electrons. The largest absolute Gasteiger partial charge is 0.494 e. The van der Waals surface area contributed by atoms with Crippen LogP contribution in [0.15, 0.2) is 61.2 Å². The molecule has 1 aromatic carbocycles. The Kier molecular flexibility index (Phi) is 5.99. The summed E-state index contributed by atoms with van der Waals surface area (Å²) in [6, 6.07) is 10.2. The van der Waals surface area contributed by atoms with Gasteiger partial charge in [-0.3, -0.25) is 9.78 Å². The molecule has 3 heterocycles. The molecule has 1 fully saturated rings. The highest BCUT2D eigenvalue weighted by Crippen LogP contribution is 2.42. The lowest BCUT2D eigenvalue weighted by Gasteiger charge is -2.10. The molecule has 3 aromatic heterocycles. The topological polar surface area (TPSA) is 94.8 Å². The monoisotopic (exact) mass is 458 g/mol. The molecule has 34 heavy (non-hydrogen) atoms. The number of pyridine rings is 1. The first-order valence-corrected chi connectivity index (χ1v) is 11.1. The number of rotatable bonds is 8. The van der Waals surface area contributed by atoms with Crippen molar-refractivity contribution in [2.75, 3.05) is 13.7 Å². The molecule has 8 nitrogen and oxygen atoms in total. The predicted octanol–water partition coefficient (Wildman–Crippen LogP) is 3.72. The normalized spacial score (nSPS) is 13.0. The number of aromatic nitrogens is 5. The van der Waals surface area contributed by atoms with E-state index in [9.17, 15) is 9.18 Å². The van der Waals surface area contributed by atoms with E-state index in [-0.39, 0.29) is 17.6 Å². The molecule has 0 atom stereocenters. The van der Waals surface area contributed by atoms with Gasteiger partial charge in [-0.2, -0.15) is 5.10 Å². The first kappa shape index (κ1) is 21.7.